The zero-order valence-electron chi connectivity index (χ0n) is 11.9. The number of carbonyl (C=O) groups is 2. The molecule has 0 aliphatic carbocycles. The van der Waals surface area contributed by atoms with E-state index in [0.717, 1.165) is 0 Å². The van der Waals surface area contributed by atoms with Crippen molar-refractivity contribution in [3.63, 3.8) is 0 Å². The molecule has 0 saturated carbocycles. The summed E-state index contributed by atoms with van der Waals surface area (Å²) in [7, 11) is 2.52. The minimum atomic E-state index is -1.37. The maximum absolute atomic E-state index is 11.7. The van der Waals surface area contributed by atoms with Crippen LogP contribution in [0.1, 0.15) is 12.8 Å². The first-order valence-corrected chi connectivity index (χ1v) is 6.46. The van der Waals surface area contributed by atoms with Crippen molar-refractivity contribution in [3.05, 3.63) is 0 Å². The smallest absolute Gasteiger partial charge is 0.306 e. The molecule has 4 N–H and O–H groups in total. The molecule has 0 radical (unpaired) electrons. The SMILES string of the molecule is COC(=O)CCC(=O)N[C@@H]1[C@@H](OC)O[C@H](CO)[C@@H](O)[C@@H]1O. The number of aliphatic hydroxyl groups is 3. The number of nitrogens with one attached hydrogen (secondary N) is 1. The molecule has 1 rings (SSSR count). The second kappa shape index (κ2) is 8.25. The molecule has 0 unspecified atom stereocenters. The van der Waals surface area contributed by atoms with E-state index in [-0.39, 0.29) is 12.8 Å². The van der Waals surface area contributed by atoms with E-state index in [4.69, 9.17) is 14.6 Å². The number of ether oxygens (including phenoxy) is 3. The van der Waals surface area contributed by atoms with Gasteiger partial charge in [0.05, 0.1) is 20.1 Å². The van der Waals surface area contributed by atoms with Crippen LogP contribution in [-0.2, 0) is 23.8 Å². The molecule has 0 bridgehead atoms. The fraction of sp³-hybridized carbons (Fsp3) is 0.833. The topological polar surface area (TPSA) is 135 Å². The van der Waals surface area contributed by atoms with Gasteiger partial charge in [-0.25, -0.2) is 0 Å². The third-order valence-electron chi connectivity index (χ3n) is 3.22. The van der Waals surface area contributed by atoms with E-state index < -0.39 is 49.1 Å². The van der Waals surface area contributed by atoms with E-state index in [1.807, 2.05) is 0 Å². The third kappa shape index (κ3) is 4.61. The van der Waals surface area contributed by atoms with Gasteiger partial charge in [0.25, 0.3) is 0 Å². The van der Waals surface area contributed by atoms with Crippen LogP contribution in [0.2, 0.25) is 0 Å². The molecule has 1 heterocycles. The highest BCUT2D eigenvalue weighted by molar-refractivity contribution is 5.81. The van der Waals surface area contributed by atoms with E-state index in [1.54, 1.807) is 0 Å². The second-order valence-corrected chi connectivity index (χ2v) is 4.61. The Bertz CT molecular complexity index is 361. The predicted molar refractivity (Wildman–Crippen MR) is 68.0 cm³/mol. The lowest BCUT2D eigenvalue weighted by molar-refractivity contribution is -0.262. The molecule has 9 nitrogen and oxygen atoms in total. The Hall–Kier alpha value is -1.26. The zero-order chi connectivity index (χ0) is 16.0. The minimum absolute atomic E-state index is 0.106. The van der Waals surface area contributed by atoms with Crippen LogP contribution in [0.4, 0.5) is 0 Å². The minimum Gasteiger partial charge on any atom is -0.469 e. The van der Waals surface area contributed by atoms with Gasteiger partial charge in [-0.2, -0.15) is 0 Å². The summed E-state index contributed by atoms with van der Waals surface area (Å²) in [6, 6.07) is -1.02. The van der Waals surface area contributed by atoms with Crippen molar-refractivity contribution >= 4 is 11.9 Å². The van der Waals surface area contributed by atoms with Crippen LogP contribution in [0.15, 0.2) is 0 Å². The highest BCUT2D eigenvalue weighted by Crippen LogP contribution is 2.21. The molecule has 21 heavy (non-hydrogen) atoms. The summed E-state index contributed by atoms with van der Waals surface area (Å²) in [6.45, 7) is -0.499. The lowest BCUT2D eigenvalue weighted by Gasteiger charge is -2.41. The number of amides is 1. The second-order valence-electron chi connectivity index (χ2n) is 4.61. The van der Waals surface area contributed by atoms with Gasteiger partial charge in [-0.15, -0.1) is 0 Å². The van der Waals surface area contributed by atoms with Crippen LogP contribution in [0.25, 0.3) is 0 Å². The molecule has 5 atom stereocenters. The first-order valence-electron chi connectivity index (χ1n) is 6.46. The summed E-state index contributed by atoms with van der Waals surface area (Å²) in [6.07, 6.45) is -5.01. The Kier molecular flexibility index (Phi) is 6.99. The molecule has 0 aromatic rings. The van der Waals surface area contributed by atoms with Crippen molar-refractivity contribution in [2.75, 3.05) is 20.8 Å². The molecule has 1 amide bonds. The van der Waals surface area contributed by atoms with E-state index in [9.17, 15) is 19.8 Å². The fourth-order valence-electron chi connectivity index (χ4n) is 2.01. The molecule has 1 saturated heterocycles. The third-order valence-corrected chi connectivity index (χ3v) is 3.22. The van der Waals surface area contributed by atoms with E-state index in [0.29, 0.717) is 0 Å². The standard InChI is InChI=1S/C12H21NO8/c1-19-8(16)4-3-7(15)13-9-11(18)10(17)6(5-14)21-12(9)20-2/h6,9-12,14,17-18H,3-5H2,1-2H3,(H,13,15)/t6-,9+,10-,11-,12+/m1/s1. The summed E-state index contributed by atoms with van der Waals surface area (Å²) in [5.74, 6) is -1.06. The van der Waals surface area contributed by atoms with E-state index in [2.05, 4.69) is 10.1 Å². The number of aliphatic hydroxyl groups excluding tert-OH is 3. The van der Waals surface area contributed by atoms with Crippen molar-refractivity contribution in [2.45, 2.75) is 43.5 Å². The predicted octanol–water partition coefficient (Wildman–Crippen LogP) is -2.49. The van der Waals surface area contributed by atoms with E-state index >= 15 is 0 Å². The summed E-state index contributed by atoms with van der Waals surface area (Å²) < 4.78 is 14.6. The molecule has 1 aliphatic rings. The molecular formula is C12H21NO8. The van der Waals surface area contributed by atoms with Gasteiger partial charge in [0.2, 0.25) is 5.91 Å². The van der Waals surface area contributed by atoms with Crippen LogP contribution in [0.5, 0.6) is 0 Å². The fourth-order valence-corrected chi connectivity index (χ4v) is 2.01. The zero-order valence-corrected chi connectivity index (χ0v) is 11.9. The van der Waals surface area contributed by atoms with Gasteiger partial charge in [-0.1, -0.05) is 0 Å². The van der Waals surface area contributed by atoms with Gasteiger partial charge < -0.3 is 34.8 Å². The lowest BCUT2D eigenvalue weighted by Crippen LogP contribution is -2.64. The number of rotatable bonds is 6. The maximum atomic E-state index is 11.7. The average molecular weight is 307 g/mol. The number of methoxy groups -OCH3 is 2. The van der Waals surface area contributed by atoms with Gasteiger partial charge in [-0.05, 0) is 0 Å². The molecular weight excluding hydrogens is 286 g/mol. The number of hydrogen-bond acceptors (Lipinski definition) is 8. The summed E-state index contributed by atoms with van der Waals surface area (Å²) >= 11 is 0. The highest BCUT2D eigenvalue weighted by atomic mass is 16.7. The summed E-state index contributed by atoms with van der Waals surface area (Å²) in [5, 5.41) is 31.2. The van der Waals surface area contributed by atoms with Crippen LogP contribution in [0, 0.1) is 0 Å². The van der Waals surface area contributed by atoms with Crippen molar-refractivity contribution in [1.29, 1.82) is 0 Å². The van der Waals surface area contributed by atoms with Gasteiger partial charge in [0, 0.05) is 13.5 Å². The molecule has 0 spiro atoms. The Morgan fingerprint density at radius 2 is 1.86 bits per heavy atom. The monoisotopic (exact) mass is 307 g/mol. The van der Waals surface area contributed by atoms with Gasteiger partial charge >= 0.3 is 5.97 Å². The molecule has 0 aromatic carbocycles. The van der Waals surface area contributed by atoms with Gasteiger partial charge in [-0.3, -0.25) is 9.59 Å². The summed E-state index contributed by atoms with van der Waals surface area (Å²) in [4.78, 5) is 22.7. The Balaban J connectivity index is 2.62. The highest BCUT2D eigenvalue weighted by Gasteiger charge is 2.45. The van der Waals surface area contributed by atoms with Gasteiger partial charge in [0.1, 0.15) is 24.4 Å². The molecule has 122 valence electrons. The first kappa shape index (κ1) is 17.8. The number of carbonyl (C=O) groups excluding carboxylic acids is 2. The van der Waals surface area contributed by atoms with Gasteiger partial charge in [0.15, 0.2) is 6.29 Å². The van der Waals surface area contributed by atoms with E-state index in [1.165, 1.54) is 14.2 Å². The Labute approximate surface area is 121 Å². The average Bonchev–Trinajstić information content (AvgIpc) is 2.49. The van der Waals surface area contributed by atoms with Crippen molar-refractivity contribution in [3.8, 4) is 0 Å². The normalized spacial score (nSPS) is 32.5. The lowest BCUT2D eigenvalue weighted by atomic mass is 9.97. The maximum Gasteiger partial charge on any atom is 0.306 e. The summed E-state index contributed by atoms with van der Waals surface area (Å²) in [5.41, 5.74) is 0. The van der Waals surface area contributed by atoms with Crippen LogP contribution < -0.4 is 5.32 Å². The Morgan fingerprint density at radius 1 is 1.19 bits per heavy atom. The van der Waals surface area contributed by atoms with Crippen molar-refractivity contribution in [2.24, 2.45) is 0 Å². The molecule has 1 aliphatic heterocycles. The Morgan fingerprint density at radius 3 is 2.38 bits per heavy atom. The van der Waals surface area contributed by atoms with Crippen molar-refractivity contribution < 1.29 is 39.1 Å². The van der Waals surface area contributed by atoms with Crippen molar-refractivity contribution in [1.82, 2.24) is 5.32 Å². The molecule has 9 heteroatoms. The van der Waals surface area contributed by atoms with Crippen LogP contribution in [-0.4, -0.2) is 78.7 Å². The van der Waals surface area contributed by atoms with Crippen LogP contribution >= 0.6 is 0 Å². The molecule has 0 aromatic heterocycles. The quantitative estimate of drug-likeness (QED) is 0.396. The largest absolute Gasteiger partial charge is 0.469 e. The van der Waals surface area contributed by atoms with Crippen LogP contribution in [0.3, 0.4) is 0 Å². The molecule has 1 fully saturated rings. The first-order chi connectivity index (χ1) is 9.94. The number of esters is 1. The number of hydrogen-bond donors (Lipinski definition) is 4.